The van der Waals surface area contributed by atoms with Crippen molar-refractivity contribution in [1.29, 1.82) is 0 Å². The number of allylic oxidation sites excluding steroid dienone is 2. The average Bonchev–Trinajstić information content (AvgIpc) is 3.47. The van der Waals surface area contributed by atoms with Gasteiger partial charge in [-0.15, -0.1) is 0 Å². The highest BCUT2D eigenvalue weighted by Crippen LogP contribution is 2.46. The first kappa shape index (κ1) is 20.1. The highest BCUT2D eigenvalue weighted by molar-refractivity contribution is 5.99. The van der Waals surface area contributed by atoms with Gasteiger partial charge >= 0.3 is 11.9 Å². The molecule has 1 aromatic carbocycles. The van der Waals surface area contributed by atoms with Crippen LogP contribution in [0.5, 0.6) is 0 Å². The van der Waals surface area contributed by atoms with Gasteiger partial charge in [0.15, 0.2) is 0 Å². The fraction of sp³-hybridized carbons (Fsp3) is 0.455. The van der Waals surface area contributed by atoms with Crippen molar-refractivity contribution in [1.82, 2.24) is 4.90 Å². The van der Waals surface area contributed by atoms with Gasteiger partial charge in [-0.05, 0) is 58.2 Å². The minimum absolute atomic E-state index is 0.229. The first-order valence-electron chi connectivity index (χ1n) is 9.71. The summed E-state index contributed by atoms with van der Waals surface area (Å²) in [6, 6.07) is 6.14. The highest BCUT2D eigenvalue weighted by atomic mass is 19.1. The molecule has 5 nitrogen and oxygen atoms in total. The second-order valence-corrected chi connectivity index (χ2v) is 7.02. The summed E-state index contributed by atoms with van der Waals surface area (Å²) in [5.74, 6) is -1.96. The second-order valence-electron chi connectivity index (χ2n) is 7.02. The smallest absolute Gasteiger partial charge is 0.336 e. The molecule has 150 valence electrons. The van der Waals surface area contributed by atoms with E-state index in [1.54, 1.807) is 26.0 Å². The van der Waals surface area contributed by atoms with Gasteiger partial charge < -0.3 is 14.4 Å². The molecule has 0 saturated heterocycles. The van der Waals surface area contributed by atoms with Crippen LogP contribution < -0.4 is 0 Å². The maximum atomic E-state index is 13.5. The number of nitrogens with zero attached hydrogens (tertiary/aromatic N) is 1. The van der Waals surface area contributed by atoms with E-state index < -0.39 is 17.9 Å². The van der Waals surface area contributed by atoms with Crippen LogP contribution in [-0.4, -0.2) is 36.1 Å². The predicted octanol–water partition coefficient (Wildman–Crippen LogP) is 4.06. The lowest BCUT2D eigenvalue weighted by Crippen LogP contribution is -2.36. The topological polar surface area (TPSA) is 55.8 Å². The number of ether oxygens (including phenoxy) is 2. The predicted molar refractivity (Wildman–Crippen MR) is 103 cm³/mol. The maximum Gasteiger partial charge on any atom is 0.336 e. The first-order chi connectivity index (χ1) is 13.4. The van der Waals surface area contributed by atoms with Crippen molar-refractivity contribution in [3.05, 3.63) is 58.2 Å². The zero-order chi connectivity index (χ0) is 20.4. The number of carbonyl (C=O) groups is 2. The summed E-state index contributed by atoms with van der Waals surface area (Å²) >= 11 is 0. The molecule has 0 amide bonds. The Morgan fingerprint density at radius 2 is 1.43 bits per heavy atom. The molecule has 28 heavy (non-hydrogen) atoms. The molecule has 1 aliphatic heterocycles. The van der Waals surface area contributed by atoms with E-state index in [0.29, 0.717) is 16.7 Å². The molecular formula is C22H26FNO4. The minimum atomic E-state index is -0.659. The molecular weight excluding hydrogens is 361 g/mol. The molecule has 1 heterocycles. The Bertz CT molecular complexity index is 795. The van der Waals surface area contributed by atoms with E-state index in [2.05, 4.69) is 4.90 Å². The number of halogens is 1. The largest absolute Gasteiger partial charge is 0.463 e. The molecule has 0 atom stereocenters. The lowest BCUT2D eigenvalue weighted by Gasteiger charge is -2.38. The zero-order valence-corrected chi connectivity index (χ0v) is 16.8. The molecule has 3 rings (SSSR count). The van der Waals surface area contributed by atoms with E-state index in [1.165, 1.54) is 12.1 Å². The van der Waals surface area contributed by atoms with Gasteiger partial charge in [0.05, 0.1) is 30.3 Å². The quantitative estimate of drug-likeness (QED) is 0.689. The van der Waals surface area contributed by atoms with E-state index in [4.69, 9.17) is 9.47 Å². The maximum absolute atomic E-state index is 13.5. The molecule has 0 aromatic heterocycles. The summed E-state index contributed by atoms with van der Waals surface area (Å²) in [6.45, 7) is 7.71. The third kappa shape index (κ3) is 3.68. The summed E-state index contributed by atoms with van der Waals surface area (Å²) in [7, 11) is 0. The van der Waals surface area contributed by atoms with Crippen LogP contribution in [0.3, 0.4) is 0 Å². The van der Waals surface area contributed by atoms with Gasteiger partial charge in [0.25, 0.3) is 0 Å². The Morgan fingerprint density at radius 3 is 1.82 bits per heavy atom. The molecule has 1 aromatic rings. The Kier molecular flexibility index (Phi) is 5.87. The lowest BCUT2D eigenvalue weighted by atomic mass is 9.79. The van der Waals surface area contributed by atoms with Crippen molar-refractivity contribution in [2.75, 3.05) is 13.2 Å². The van der Waals surface area contributed by atoms with Crippen LogP contribution in [0.2, 0.25) is 0 Å². The fourth-order valence-electron chi connectivity index (χ4n) is 3.89. The van der Waals surface area contributed by atoms with E-state index in [9.17, 15) is 14.0 Å². The zero-order valence-electron chi connectivity index (χ0n) is 16.8. The highest BCUT2D eigenvalue weighted by Gasteiger charge is 2.44. The van der Waals surface area contributed by atoms with Crippen molar-refractivity contribution in [3.63, 3.8) is 0 Å². The van der Waals surface area contributed by atoms with Crippen LogP contribution in [0.15, 0.2) is 46.8 Å². The van der Waals surface area contributed by atoms with E-state index in [-0.39, 0.29) is 25.1 Å². The molecule has 6 heteroatoms. The molecule has 0 unspecified atom stereocenters. The molecule has 0 radical (unpaired) electrons. The Hall–Kier alpha value is -2.63. The van der Waals surface area contributed by atoms with Gasteiger partial charge in [-0.25, -0.2) is 14.0 Å². The lowest BCUT2D eigenvalue weighted by molar-refractivity contribution is -0.139. The van der Waals surface area contributed by atoms with Crippen molar-refractivity contribution in [3.8, 4) is 0 Å². The molecule has 1 aliphatic carbocycles. The SMILES string of the molecule is CCOC(=O)C1=C(C)N(C2CC2)C(C)=C(C(=O)OCC)C1c1ccc(F)cc1. The number of carbonyl (C=O) groups excluding carboxylic acids is 2. The van der Waals surface area contributed by atoms with Crippen LogP contribution >= 0.6 is 0 Å². The Balaban J connectivity index is 2.21. The summed E-state index contributed by atoms with van der Waals surface area (Å²) in [5.41, 5.74) is 3.03. The van der Waals surface area contributed by atoms with Gasteiger partial charge in [0.2, 0.25) is 0 Å². The first-order valence-corrected chi connectivity index (χ1v) is 9.71. The monoisotopic (exact) mass is 387 g/mol. The number of esters is 2. The van der Waals surface area contributed by atoms with Gasteiger partial charge in [-0.3, -0.25) is 0 Å². The van der Waals surface area contributed by atoms with Crippen molar-refractivity contribution >= 4 is 11.9 Å². The molecule has 0 N–H and O–H groups in total. The van der Waals surface area contributed by atoms with Gasteiger partial charge in [0, 0.05) is 17.4 Å². The number of benzene rings is 1. The minimum Gasteiger partial charge on any atom is -0.463 e. The standard InChI is InChI=1S/C22H26FNO4/c1-5-27-21(25)18-13(3)24(17-11-12-17)14(4)19(22(26)28-6-2)20(18)15-7-9-16(23)10-8-15/h7-10,17,20H,5-6,11-12H2,1-4H3. The second kappa shape index (κ2) is 8.17. The summed E-state index contributed by atoms with van der Waals surface area (Å²) in [4.78, 5) is 27.9. The van der Waals surface area contributed by atoms with Crippen LogP contribution in [0.25, 0.3) is 0 Å². The van der Waals surface area contributed by atoms with Gasteiger partial charge in [-0.1, -0.05) is 12.1 Å². The number of hydrogen-bond acceptors (Lipinski definition) is 5. The third-order valence-corrected chi connectivity index (χ3v) is 5.19. The normalized spacial score (nSPS) is 17.8. The Morgan fingerprint density at radius 1 is 0.964 bits per heavy atom. The van der Waals surface area contributed by atoms with E-state index in [0.717, 1.165) is 24.2 Å². The molecule has 0 spiro atoms. The van der Waals surface area contributed by atoms with Crippen LogP contribution in [0.4, 0.5) is 4.39 Å². The van der Waals surface area contributed by atoms with Crippen molar-refractivity contribution < 1.29 is 23.5 Å². The van der Waals surface area contributed by atoms with Crippen molar-refractivity contribution in [2.24, 2.45) is 0 Å². The van der Waals surface area contributed by atoms with Gasteiger partial charge in [0.1, 0.15) is 5.82 Å². The number of hydrogen-bond donors (Lipinski definition) is 0. The molecule has 1 saturated carbocycles. The van der Waals surface area contributed by atoms with E-state index in [1.807, 2.05) is 13.8 Å². The third-order valence-electron chi connectivity index (χ3n) is 5.19. The van der Waals surface area contributed by atoms with Crippen LogP contribution in [0.1, 0.15) is 52.0 Å². The number of rotatable bonds is 6. The molecule has 0 bridgehead atoms. The summed E-state index contributed by atoms with van der Waals surface area (Å²) in [6.07, 6.45) is 2.00. The van der Waals surface area contributed by atoms with E-state index >= 15 is 0 Å². The van der Waals surface area contributed by atoms with Crippen LogP contribution in [-0.2, 0) is 19.1 Å². The fourth-order valence-corrected chi connectivity index (χ4v) is 3.89. The van der Waals surface area contributed by atoms with Gasteiger partial charge in [-0.2, -0.15) is 0 Å². The molecule has 2 aliphatic rings. The average molecular weight is 387 g/mol. The summed E-state index contributed by atoms with van der Waals surface area (Å²) in [5, 5.41) is 0. The Labute approximate surface area is 164 Å². The van der Waals surface area contributed by atoms with Crippen molar-refractivity contribution in [2.45, 2.75) is 52.5 Å². The summed E-state index contributed by atoms with van der Waals surface area (Å²) < 4.78 is 24.2. The molecule has 1 fully saturated rings. The van der Waals surface area contributed by atoms with Crippen LogP contribution in [0, 0.1) is 5.82 Å².